The van der Waals surface area contributed by atoms with Gasteiger partial charge in [-0.25, -0.2) is 0 Å². The molecule has 1 atom stereocenters. The number of hydrogen-bond acceptors (Lipinski definition) is 2. The molecule has 1 aliphatic heterocycles. The summed E-state index contributed by atoms with van der Waals surface area (Å²) >= 11 is 0. The predicted molar refractivity (Wildman–Crippen MR) is 73.1 cm³/mol. The van der Waals surface area contributed by atoms with Gasteiger partial charge in [-0.1, -0.05) is 24.3 Å². The predicted octanol–water partition coefficient (Wildman–Crippen LogP) is 2.35. The minimum atomic E-state index is 0.252. The van der Waals surface area contributed by atoms with Crippen LogP contribution in [0.15, 0.2) is 24.3 Å². The van der Waals surface area contributed by atoms with E-state index >= 15 is 0 Å². The fourth-order valence-electron chi connectivity index (χ4n) is 3.01. The Morgan fingerprint density at radius 3 is 2.71 bits per heavy atom. The minimum absolute atomic E-state index is 0.252. The number of hydrogen-bond donors (Lipinski definition) is 1. The maximum atomic E-state index is 6.02. The normalized spacial score (nSPS) is 25.4. The Labute approximate surface area is 105 Å². The second-order valence-electron chi connectivity index (χ2n) is 5.38. The van der Waals surface area contributed by atoms with Gasteiger partial charge < -0.3 is 5.73 Å². The number of nitrogens with two attached hydrogens (primary N) is 1. The maximum Gasteiger partial charge on any atom is 0.0332 e. The molecular weight excluding hydrogens is 208 g/mol. The summed E-state index contributed by atoms with van der Waals surface area (Å²) in [5.74, 6) is 0. The molecule has 1 unspecified atom stereocenters. The first-order valence-electron chi connectivity index (χ1n) is 6.64. The number of likely N-dealkylation sites (tertiary alicyclic amines) is 1. The summed E-state index contributed by atoms with van der Waals surface area (Å²) in [5, 5.41) is 0. The van der Waals surface area contributed by atoms with Gasteiger partial charge in [-0.2, -0.15) is 0 Å². The van der Waals surface area contributed by atoms with Crippen molar-refractivity contribution in [3.63, 3.8) is 0 Å². The van der Waals surface area contributed by atoms with E-state index in [1.165, 1.54) is 36.9 Å². The van der Waals surface area contributed by atoms with Crippen molar-refractivity contribution in [3.05, 3.63) is 35.4 Å². The third-order valence-corrected chi connectivity index (χ3v) is 4.45. The summed E-state index contributed by atoms with van der Waals surface area (Å²) in [5.41, 5.74) is 9.15. The van der Waals surface area contributed by atoms with Gasteiger partial charge in [0.05, 0.1) is 0 Å². The molecule has 0 amide bonds. The van der Waals surface area contributed by atoms with Crippen LogP contribution in [0.25, 0.3) is 0 Å². The van der Waals surface area contributed by atoms with E-state index in [-0.39, 0.29) is 5.54 Å². The van der Waals surface area contributed by atoms with Crippen LogP contribution in [-0.2, 0) is 6.42 Å². The molecule has 2 heteroatoms. The fourth-order valence-corrected chi connectivity index (χ4v) is 3.01. The number of benzene rings is 1. The Hall–Kier alpha value is -0.860. The fraction of sp³-hybridized carbons (Fsp3) is 0.600. The SMILES string of the molecule is Cc1ccccc1CCC1(CN)CCCN1C. The first kappa shape index (κ1) is 12.6. The van der Waals surface area contributed by atoms with Crippen LogP contribution in [0.1, 0.15) is 30.4 Å². The van der Waals surface area contributed by atoms with Gasteiger partial charge in [-0.05, 0) is 57.3 Å². The van der Waals surface area contributed by atoms with Gasteiger partial charge in [0, 0.05) is 12.1 Å². The molecule has 2 nitrogen and oxygen atoms in total. The summed E-state index contributed by atoms with van der Waals surface area (Å²) in [6.45, 7) is 4.18. The Kier molecular flexibility index (Phi) is 3.85. The van der Waals surface area contributed by atoms with Crippen LogP contribution in [0, 0.1) is 6.92 Å². The lowest BCUT2D eigenvalue weighted by atomic mass is 9.88. The first-order chi connectivity index (χ1) is 8.18. The molecule has 1 aromatic rings. The molecule has 1 fully saturated rings. The van der Waals surface area contributed by atoms with Crippen molar-refractivity contribution in [2.45, 2.75) is 38.1 Å². The molecule has 0 aliphatic carbocycles. The van der Waals surface area contributed by atoms with E-state index in [0.29, 0.717) is 0 Å². The van der Waals surface area contributed by atoms with Crippen molar-refractivity contribution in [1.29, 1.82) is 0 Å². The van der Waals surface area contributed by atoms with E-state index in [1.54, 1.807) is 0 Å². The Morgan fingerprint density at radius 2 is 2.12 bits per heavy atom. The Bertz CT molecular complexity index is 375. The molecule has 1 aliphatic rings. The molecule has 2 rings (SSSR count). The molecule has 0 aromatic heterocycles. The standard InChI is InChI=1S/C15H24N2/c1-13-6-3-4-7-14(13)8-10-15(12-16)9-5-11-17(15)2/h3-4,6-7H,5,8-12,16H2,1-2H3. The first-order valence-corrected chi connectivity index (χ1v) is 6.64. The third kappa shape index (κ3) is 2.53. The zero-order chi connectivity index (χ0) is 12.3. The van der Waals surface area contributed by atoms with E-state index in [1.807, 2.05) is 0 Å². The highest BCUT2D eigenvalue weighted by Gasteiger charge is 2.36. The molecule has 1 saturated heterocycles. The Morgan fingerprint density at radius 1 is 1.35 bits per heavy atom. The topological polar surface area (TPSA) is 29.3 Å². The van der Waals surface area contributed by atoms with Crippen LogP contribution >= 0.6 is 0 Å². The smallest absolute Gasteiger partial charge is 0.0332 e. The average Bonchev–Trinajstić information content (AvgIpc) is 2.70. The van der Waals surface area contributed by atoms with E-state index < -0.39 is 0 Å². The van der Waals surface area contributed by atoms with Crippen LogP contribution in [0.5, 0.6) is 0 Å². The molecule has 0 bridgehead atoms. The van der Waals surface area contributed by atoms with Crippen molar-refractivity contribution >= 4 is 0 Å². The van der Waals surface area contributed by atoms with Crippen LogP contribution in [0.2, 0.25) is 0 Å². The van der Waals surface area contributed by atoms with Crippen LogP contribution in [0.3, 0.4) is 0 Å². The van der Waals surface area contributed by atoms with Gasteiger partial charge in [-0.3, -0.25) is 4.90 Å². The largest absolute Gasteiger partial charge is 0.329 e. The van der Waals surface area contributed by atoms with Crippen molar-refractivity contribution in [3.8, 4) is 0 Å². The number of rotatable bonds is 4. The lowest BCUT2D eigenvalue weighted by Gasteiger charge is -2.35. The molecule has 2 N–H and O–H groups in total. The molecular formula is C15H24N2. The minimum Gasteiger partial charge on any atom is -0.329 e. The van der Waals surface area contributed by atoms with Gasteiger partial charge in [0.25, 0.3) is 0 Å². The van der Waals surface area contributed by atoms with Crippen LogP contribution in [-0.4, -0.2) is 30.6 Å². The summed E-state index contributed by atoms with van der Waals surface area (Å²) < 4.78 is 0. The monoisotopic (exact) mass is 232 g/mol. The van der Waals surface area contributed by atoms with Crippen LogP contribution < -0.4 is 5.73 Å². The third-order valence-electron chi connectivity index (χ3n) is 4.45. The molecule has 1 heterocycles. The molecule has 0 spiro atoms. The zero-order valence-corrected chi connectivity index (χ0v) is 11.1. The highest BCUT2D eigenvalue weighted by atomic mass is 15.2. The van der Waals surface area contributed by atoms with E-state index in [4.69, 9.17) is 5.73 Å². The van der Waals surface area contributed by atoms with E-state index in [9.17, 15) is 0 Å². The lowest BCUT2D eigenvalue weighted by Crippen LogP contribution is -2.48. The summed E-state index contributed by atoms with van der Waals surface area (Å²) in [6.07, 6.45) is 4.88. The molecule has 94 valence electrons. The summed E-state index contributed by atoms with van der Waals surface area (Å²) in [4.78, 5) is 2.46. The zero-order valence-electron chi connectivity index (χ0n) is 11.1. The van der Waals surface area contributed by atoms with Crippen molar-refractivity contribution in [1.82, 2.24) is 4.90 Å². The van der Waals surface area contributed by atoms with E-state index in [2.05, 4.69) is 43.1 Å². The molecule has 17 heavy (non-hydrogen) atoms. The molecule has 1 aromatic carbocycles. The van der Waals surface area contributed by atoms with Crippen molar-refractivity contribution in [2.75, 3.05) is 20.1 Å². The maximum absolute atomic E-state index is 6.02. The second-order valence-corrected chi connectivity index (χ2v) is 5.38. The van der Waals surface area contributed by atoms with Gasteiger partial charge in [0.1, 0.15) is 0 Å². The highest BCUT2D eigenvalue weighted by Crippen LogP contribution is 2.31. The number of nitrogens with zero attached hydrogens (tertiary/aromatic N) is 1. The average molecular weight is 232 g/mol. The van der Waals surface area contributed by atoms with Gasteiger partial charge in [0.2, 0.25) is 0 Å². The highest BCUT2D eigenvalue weighted by molar-refractivity contribution is 5.26. The molecule has 0 saturated carbocycles. The van der Waals surface area contributed by atoms with Crippen LogP contribution in [0.4, 0.5) is 0 Å². The van der Waals surface area contributed by atoms with Gasteiger partial charge >= 0.3 is 0 Å². The summed E-state index contributed by atoms with van der Waals surface area (Å²) in [7, 11) is 2.22. The van der Waals surface area contributed by atoms with Gasteiger partial charge in [-0.15, -0.1) is 0 Å². The van der Waals surface area contributed by atoms with E-state index in [0.717, 1.165) is 13.0 Å². The number of aryl methyl sites for hydroxylation is 2. The van der Waals surface area contributed by atoms with Crippen molar-refractivity contribution in [2.24, 2.45) is 5.73 Å². The number of likely N-dealkylation sites (N-methyl/N-ethyl adjacent to an activating group) is 1. The molecule has 0 radical (unpaired) electrons. The Balaban J connectivity index is 2.04. The van der Waals surface area contributed by atoms with Crippen molar-refractivity contribution < 1.29 is 0 Å². The van der Waals surface area contributed by atoms with Gasteiger partial charge in [0.15, 0.2) is 0 Å². The second kappa shape index (κ2) is 5.19. The summed E-state index contributed by atoms with van der Waals surface area (Å²) in [6, 6.07) is 8.69. The quantitative estimate of drug-likeness (QED) is 0.863. The lowest BCUT2D eigenvalue weighted by molar-refractivity contribution is 0.169.